The summed E-state index contributed by atoms with van der Waals surface area (Å²) in [5.41, 5.74) is 5.58. The van der Waals surface area contributed by atoms with Crippen LogP contribution < -0.4 is 4.74 Å². The predicted molar refractivity (Wildman–Crippen MR) is 125 cm³/mol. The van der Waals surface area contributed by atoms with Gasteiger partial charge in [0.05, 0.1) is 35.1 Å². The molecule has 0 aliphatic rings. The monoisotopic (exact) mass is 417 g/mol. The van der Waals surface area contributed by atoms with Gasteiger partial charge in [0, 0.05) is 17.3 Å². The molecular weight excluding hydrogens is 398 g/mol. The molecule has 32 heavy (non-hydrogen) atoms. The highest BCUT2D eigenvalue weighted by Crippen LogP contribution is 2.29. The van der Waals surface area contributed by atoms with E-state index in [1.54, 1.807) is 7.11 Å². The number of hydrogen-bond acceptors (Lipinski definition) is 4. The maximum Gasteiger partial charge on any atom is 0.149 e. The summed E-state index contributed by atoms with van der Waals surface area (Å²) in [5.74, 6) is 1.30. The van der Waals surface area contributed by atoms with Crippen molar-refractivity contribution in [1.29, 1.82) is 5.26 Å². The molecule has 0 aliphatic carbocycles. The summed E-state index contributed by atoms with van der Waals surface area (Å²) < 4.78 is 7.10. The van der Waals surface area contributed by atoms with Gasteiger partial charge in [-0.3, -0.25) is 0 Å². The quantitative estimate of drug-likeness (QED) is 0.384. The van der Waals surface area contributed by atoms with E-state index in [2.05, 4.69) is 16.0 Å². The van der Waals surface area contributed by atoms with Crippen molar-refractivity contribution in [3.8, 4) is 28.8 Å². The first kappa shape index (κ1) is 19.3. The van der Waals surface area contributed by atoms with Crippen molar-refractivity contribution in [3.63, 3.8) is 0 Å². The molecule has 6 heteroatoms. The van der Waals surface area contributed by atoms with Crippen molar-refractivity contribution < 1.29 is 4.74 Å². The van der Waals surface area contributed by atoms with Gasteiger partial charge in [-0.15, -0.1) is 0 Å². The number of imidazole rings is 1. The van der Waals surface area contributed by atoms with Gasteiger partial charge in [0.15, 0.2) is 0 Å². The minimum absolute atomic E-state index is 0.434. The van der Waals surface area contributed by atoms with E-state index in [0.29, 0.717) is 11.4 Å². The fourth-order valence-corrected chi connectivity index (χ4v) is 3.57. The zero-order chi connectivity index (χ0) is 21.9. The van der Waals surface area contributed by atoms with Crippen molar-refractivity contribution >= 4 is 22.7 Å². The van der Waals surface area contributed by atoms with E-state index in [4.69, 9.17) is 9.84 Å². The van der Waals surface area contributed by atoms with Gasteiger partial charge in [0.1, 0.15) is 17.6 Å². The van der Waals surface area contributed by atoms with E-state index >= 15 is 0 Å². The second-order valence-corrected chi connectivity index (χ2v) is 7.21. The maximum atomic E-state index is 9.90. The first-order valence-electron chi connectivity index (χ1n) is 10.1. The number of ether oxygens (including phenoxy) is 1. The molecule has 2 aromatic heterocycles. The van der Waals surface area contributed by atoms with Gasteiger partial charge in [-0.05, 0) is 54.6 Å². The van der Waals surface area contributed by atoms with Gasteiger partial charge < -0.3 is 9.72 Å². The summed E-state index contributed by atoms with van der Waals surface area (Å²) in [5, 5.41) is 14.7. The Morgan fingerprint density at radius 2 is 1.75 bits per heavy atom. The lowest BCUT2D eigenvalue weighted by molar-refractivity contribution is 0.415. The van der Waals surface area contributed by atoms with Crippen LogP contribution in [0.4, 0.5) is 0 Å². The molecule has 5 aromatic rings. The van der Waals surface area contributed by atoms with Gasteiger partial charge in [-0.1, -0.05) is 30.3 Å². The van der Waals surface area contributed by atoms with Crippen LogP contribution in [-0.4, -0.2) is 26.9 Å². The van der Waals surface area contributed by atoms with Crippen LogP contribution in [0.25, 0.3) is 39.6 Å². The SMILES string of the molecule is COc1ccc(-c2nn(-c3ccccc3)cc2/C=C(\C#N)c2nc3ccccc3[nH]2)cc1. The molecule has 0 unspecified atom stereocenters. The number of nitrogens with one attached hydrogen (secondary N) is 1. The van der Waals surface area contributed by atoms with E-state index in [9.17, 15) is 5.26 Å². The Morgan fingerprint density at radius 3 is 2.47 bits per heavy atom. The minimum atomic E-state index is 0.434. The van der Waals surface area contributed by atoms with Crippen LogP contribution in [0, 0.1) is 11.3 Å². The third-order valence-electron chi connectivity index (χ3n) is 5.19. The molecule has 2 heterocycles. The lowest BCUT2D eigenvalue weighted by Crippen LogP contribution is -1.94. The first-order valence-corrected chi connectivity index (χ1v) is 10.1. The van der Waals surface area contributed by atoms with Crippen molar-refractivity contribution in [2.24, 2.45) is 0 Å². The minimum Gasteiger partial charge on any atom is -0.497 e. The van der Waals surface area contributed by atoms with Crippen LogP contribution >= 0.6 is 0 Å². The smallest absolute Gasteiger partial charge is 0.149 e. The molecule has 0 saturated carbocycles. The van der Waals surface area contributed by atoms with E-state index in [1.165, 1.54) is 0 Å². The summed E-state index contributed by atoms with van der Waals surface area (Å²) in [6.45, 7) is 0. The van der Waals surface area contributed by atoms with E-state index < -0.39 is 0 Å². The Kier molecular flexibility index (Phi) is 4.98. The van der Waals surface area contributed by atoms with E-state index in [0.717, 1.165) is 39.3 Å². The summed E-state index contributed by atoms with van der Waals surface area (Å²) in [6.07, 6.45) is 3.75. The molecular formula is C26H19N5O. The van der Waals surface area contributed by atoms with Gasteiger partial charge in [0.25, 0.3) is 0 Å². The molecule has 154 valence electrons. The standard InChI is InChI=1S/C26H19N5O/c1-32-22-13-11-18(12-14-22)25-20(17-31(30-25)21-7-3-2-4-8-21)15-19(16-27)26-28-23-9-5-6-10-24(23)29-26/h2-15,17H,1H3,(H,28,29)/b19-15+. The molecule has 1 N–H and O–H groups in total. The number of para-hydroxylation sites is 3. The van der Waals surface area contributed by atoms with Crippen LogP contribution in [0.5, 0.6) is 5.75 Å². The topological polar surface area (TPSA) is 79.5 Å². The fourth-order valence-electron chi connectivity index (χ4n) is 3.57. The van der Waals surface area contributed by atoms with Crippen molar-refractivity contribution in [3.05, 3.63) is 96.4 Å². The normalized spacial score (nSPS) is 11.4. The van der Waals surface area contributed by atoms with Crippen molar-refractivity contribution in [1.82, 2.24) is 19.7 Å². The zero-order valence-corrected chi connectivity index (χ0v) is 17.4. The van der Waals surface area contributed by atoms with Crippen LogP contribution in [-0.2, 0) is 0 Å². The number of nitrogens with zero attached hydrogens (tertiary/aromatic N) is 4. The fraction of sp³-hybridized carbons (Fsp3) is 0.0385. The molecule has 0 fully saturated rings. The van der Waals surface area contributed by atoms with Gasteiger partial charge in [-0.2, -0.15) is 10.4 Å². The largest absolute Gasteiger partial charge is 0.497 e. The number of aromatic amines is 1. The number of hydrogen-bond donors (Lipinski definition) is 1. The zero-order valence-electron chi connectivity index (χ0n) is 17.4. The molecule has 0 saturated heterocycles. The van der Waals surface area contributed by atoms with Crippen molar-refractivity contribution in [2.75, 3.05) is 7.11 Å². The molecule has 5 rings (SSSR count). The number of allylic oxidation sites excluding steroid dienone is 1. The lowest BCUT2D eigenvalue weighted by Gasteiger charge is -2.03. The average Bonchev–Trinajstić information content (AvgIpc) is 3.47. The van der Waals surface area contributed by atoms with Gasteiger partial charge in [-0.25, -0.2) is 9.67 Å². The summed E-state index contributed by atoms with van der Waals surface area (Å²) >= 11 is 0. The molecule has 0 atom stereocenters. The van der Waals surface area contributed by atoms with Crippen molar-refractivity contribution in [2.45, 2.75) is 0 Å². The second-order valence-electron chi connectivity index (χ2n) is 7.21. The van der Waals surface area contributed by atoms with Gasteiger partial charge >= 0.3 is 0 Å². The summed E-state index contributed by atoms with van der Waals surface area (Å²) in [7, 11) is 1.64. The average molecular weight is 417 g/mol. The number of fused-ring (bicyclic) bond motifs is 1. The van der Waals surface area contributed by atoms with E-state index in [-0.39, 0.29) is 0 Å². The Bertz CT molecular complexity index is 1420. The lowest BCUT2D eigenvalue weighted by atomic mass is 10.1. The third kappa shape index (κ3) is 3.64. The van der Waals surface area contributed by atoms with Crippen LogP contribution in [0.1, 0.15) is 11.4 Å². The Balaban J connectivity index is 1.65. The van der Waals surface area contributed by atoms with Crippen LogP contribution in [0.2, 0.25) is 0 Å². The Labute approximate surface area is 185 Å². The molecule has 0 amide bonds. The molecule has 0 bridgehead atoms. The second kappa shape index (κ2) is 8.25. The number of H-pyrrole nitrogens is 1. The number of nitriles is 1. The summed E-state index contributed by atoms with van der Waals surface area (Å²) in [6, 6.07) is 27.6. The van der Waals surface area contributed by atoms with Crippen LogP contribution in [0.15, 0.2) is 85.1 Å². The number of aromatic nitrogens is 4. The maximum absolute atomic E-state index is 9.90. The number of methoxy groups -OCH3 is 1. The number of rotatable bonds is 5. The Hall–Kier alpha value is -4.63. The van der Waals surface area contributed by atoms with E-state index in [1.807, 2.05) is 95.8 Å². The first-order chi connectivity index (χ1) is 15.7. The molecule has 0 aliphatic heterocycles. The highest BCUT2D eigenvalue weighted by atomic mass is 16.5. The van der Waals surface area contributed by atoms with Gasteiger partial charge in [0.2, 0.25) is 0 Å². The third-order valence-corrected chi connectivity index (χ3v) is 5.19. The molecule has 6 nitrogen and oxygen atoms in total. The highest BCUT2D eigenvalue weighted by Gasteiger charge is 2.14. The molecule has 3 aromatic carbocycles. The number of benzene rings is 3. The molecule has 0 radical (unpaired) electrons. The molecule has 0 spiro atoms. The Morgan fingerprint density at radius 1 is 1.00 bits per heavy atom. The highest BCUT2D eigenvalue weighted by molar-refractivity contribution is 5.92. The van der Waals surface area contributed by atoms with Crippen LogP contribution in [0.3, 0.4) is 0 Å². The summed E-state index contributed by atoms with van der Waals surface area (Å²) in [4.78, 5) is 7.81. The predicted octanol–water partition coefficient (Wildman–Crippen LogP) is 5.49.